The molecule has 1 nitrogen and oxygen atoms in total. The Hall–Kier alpha value is -0.820. The summed E-state index contributed by atoms with van der Waals surface area (Å²) in [6.07, 6.45) is 5.53. The molecule has 2 fully saturated rings. The van der Waals surface area contributed by atoms with E-state index in [9.17, 15) is 0 Å². The molecule has 0 radical (unpaired) electrons. The molecule has 2 bridgehead atoms. The van der Waals surface area contributed by atoms with E-state index in [1.165, 1.54) is 31.2 Å². The van der Waals surface area contributed by atoms with E-state index in [0.29, 0.717) is 5.54 Å². The lowest BCUT2D eigenvalue weighted by Crippen LogP contribution is -2.45. The highest BCUT2D eigenvalue weighted by Gasteiger charge is 2.49. The van der Waals surface area contributed by atoms with Crippen molar-refractivity contribution in [2.24, 2.45) is 5.92 Å². The van der Waals surface area contributed by atoms with Crippen molar-refractivity contribution < 1.29 is 0 Å². The first-order valence-electron chi connectivity index (χ1n) is 7.38. The van der Waals surface area contributed by atoms with Gasteiger partial charge in [-0.3, -0.25) is 4.90 Å². The Bertz CT molecular complexity index is 403. The first-order valence-corrected chi connectivity index (χ1v) is 7.38. The predicted octanol–water partition coefficient (Wildman–Crippen LogP) is 3.88. The average molecular weight is 243 g/mol. The molecule has 2 heterocycles. The van der Waals surface area contributed by atoms with Crippen molar-refractivity contribution in [2.45, 2.75) is 64.1 Å². The van der Waals surface area contributed by atoms with Crippen LogP contribution in [0.25, 0.3) is 0 Å². The number of hydrogen-bond donors (Lipinski definition) is 0. The van der Waals surface area contributed by atoms with Crippen LogP contribution in [0.15, 0.2) is 30.3 Å². The lowest BCUT2D eigenvalue weighted by atomic mass is 9.84. The van der Waals surface area contributed by atoms with E-state index < -0.39 is 0 Å². The first kappa shape index (κ1) is 12.2. The summed E-state index contributed by atoms with van der Waals surface area (Å²) in [5.41, 5.74) is 1.86. The van der Waals surface area contributed by atoms with Crippen LogP contribution in [-0.4, -0.2) is 22.5 Å². The van der Waals surface area contributed by atoms with Crippen LogP contribution in [0.5, 0.6) is 0 Å². The molecule has 1 aromatic carbocycles. The molecular weight excluding hydrogens is 218 g/mol. The summed E-state index contributed by atoms with van der Waals surface area (Å²) < 4.78 is 0. The van der Waals surface area contributed by atoms with Crippen LogP contribution in [0.1, 0.15) is 45.6 Å². The molecule has 3 rings (SSSR count). The first-order chi connectivity index (χ1) is 8.55. The maximum atomic E-state index is 2.81. The van der Waals surface area contributed by atoms with Crippen molar-refractivity contribution in [1.29, 1.82) is 0 Å². The van der Waals surface area contributed by atoms with Gasteiger partial charge in [0.05, 0.1) is 0 Å². The summed E-state index contributed by atoms with van der Waals surface area (Å²) in [5.74, 6) is 0.880. The minimum Gasteiger partial charge on any atom is -0.292 e. The molecule has 3 unspecified atom stereocenters. The maximum absolute atomic E-state index is 2.81. The smallest absolute Gasteiger partial charge is 0.0136 e. The van der Waals surface area contributed by atoms with Gasteiger partial charge in [0.1, 0.15) is 0 Å². The summed E-state index contributed by atoms with van der Waals surface area (Å²) >= 11 is 0. The van der Waals surface area contributed by atoms with Gasteiger partial charge in [-0.1, -0.05) is 30.3 Å². The van der Waals surface area contributed by atoms with Gasteiger partial charge in [-0.2, -0.15) is 0 Å². The van der Waals surface area contributed by atoms with E-state index in [1.807, 2.05) is 0 Å². The van der Waals surface area contributed by atoms with E-state index >= 15 is 0 Å². The van der Waals surface area contributed by atoms with Gasteiger partial charge in [0.15, 0.2) is 0 Å². The van der Waals surface area contributed by atoms with Gasteiger partial charge in [0.25, 0.3) is 0 Å². The van der Waals surface area contributed by atoms with Crippen molar-refractivity contribution in [3.8, 4) is 0 Å². The van der Waals surface area contributed by atoms with Gasteiger partial charge in [-0.15, -0.1) is 0 Å². The van der Waals surface area contributed by atoms with Crippen LogP contribution in [0.3, 0.4) is 0 Å². The van der Waals surface area contributed by atoms with Crippen molar-refractivity contribution in [3.05, 3.63) is 35.9 Å². The van der Waals surface area contributed by atoms with E-state index in [4.69, 9.17) is 0 Å². The Morgan fingerprint density at radius 3 is 2.44 bits per heavy atom. The summed E-state index contributed by atoms with van der Waals surface area (Å²) in [7, 11) is 0. The fraction of sp³-hybridized carbons (Fsp3) is 0.647. The number of hydrogen-bond acceptors (Lipinski definition) is 1. The molecule has 98 valence electrons. The highest BCUT2D eigenvalue weighted by Crippen LogP contribution is 2.46. The van der Waals surface area contributed by atoms with Gasteiger partial charge < -0.3 is 0 Å². The lowest BCUT2D eigenvalue weighted by molar-refractivity contribution is 0.109. The number of rotatable bonds is 2. The second kappa shape index (κ2) is 4.38. The van der Waals surface area contributed by atoms with Crippen LogP contribution < -0.4 is 0 Å². The van der Waals surface area contributed by atoms with Crippen molar-refractivity contribution in [3.63, 3.8) is 0 Å². The van der Waals surface area contributed by atoms with Crippen LogP contribution >= 0.6 is 0 Å². The Balaban J connectivity index is 1.74. The third kappa shape index (κ3) is 2.09. The molecule has 1 aromatic rings. The van der Waals surface area contributed by atoms with Gasteiger partial charge in [0.2, 0.25) is 0 Å². The van der Waals surface area contributed by atoms with Gasteiger partial charge in [-0.05, 0) is 57.9 Å². The Labute approximate surface area is 111 Å². The number of nitrogens with zero attached hydrogens (tertiary/aromatic N) is 1. The topological polar surface area (TPSA) is 3.24 Å². The molecule has 0 aromatic heterocycles. The van der Waals surface area contributed by atoms with Gasteiger partial charge in [0, 0.05) is 17.6 Å². The van der Waals surface area contributed by atoms with E-state index in [2.05, 4.69) is 56.0 Å². The highest BCUT2D eigenvalue weighted by atomic mass is 15.3. The SMILES string of the molecule is CC(C)(C)N1C2CCC1C(Cc1ccccc1)C2. The zero-order valence-electron chi connectivity index (χ0n) is 11.9. The summed E-state index contributed by atoms with van der Waals surface area (Å²) in [4.78, 5) is 2.81. The number of fused-ring (bicyclic) bond motifs is 2. The Kier molecular flexibility index (Phi) is 2.97. The molecule has 2 aliphatic heterocycles. The Morgan fingerprint density at radius 2 is 1.83 bits per heavy atom. The van der Waals surface area contributed by atoms with Crippen molar-refractivity contribution in [2.75, 3.05) is 0 Å². The van der Waals surface area contributed by atoms with Crippen LogP contribution in [0.2, 0.25) is 0 Å². The molecule has 0 aliphatic carbocycles. The molecule has 1 heteroatoms. The van der Waals surface area contributed by atoms with Crippen LogP contribution in [0, 0.1) is 5.92 Å². The second-order valence-electron chi connectivity index (χ2n) is 7.06. The van der Waals surface area contributed by atoms with Gasteiger partial charge >= 0.3 is 0 Å². The fourth-order valence-electron chi connectivity index (χ4n) is 4.29. The van der Waals surface area contributed by atoms with Gasteiger partial charge in [-0.25, -0.2) is 0 Å². The third-order valence-electron chi connectivity index (χ3n) is 4.78. The molecule has 0 amide bonds. The quantitative estimate of drug-likeness (QED) is 0.762. The highest BCUT2D eigenvalue weighted by molar-refractivity contribution is 5.17. The lowest BCUT2D eigenvalue weighted by Gasteiger charge is -2.37. The molecule has 3 atom stereocenters. The molecule has 0 spiro atoms. The van der Waals surface area contributed by atoms with Crippen molar-refractivity contribution >= 4 is 0 Å². The molecule has 0 N–H and O–H groups in total. The molecule has 0 saturated carbocycles. The zero-order chi connectivity index (χ0) is 12.8. The largest absolute Gasteiger partial charge is 0.292 e. The van der Waals surface area contributed by atoms with Crippen molar-refractivity contribution in [1.82, 2.24) is 4.90 Å². The van der Waals surface area contributed by atoms with E-state index in [0.717, 1.165) is 18.0 Å². The molecule has 2 aliphatic rings. The minimum absolute atomic E-state index is 0.345. The minimum atomic E-state index is 0.345. The van der Waals surface area contributed by atoms with Crippen LogP contribution in [-0.2, 0) is 6.42 Å². The predicted molar refractivity (Wildman–Crippen MR) is 76.7 cm³/mol. The molecule has 18 heavy (non-hydrogen) atoms. The molecule has 2 saturated heterocycles. The Morgan fingerprint density at radius 1 is 1.11 bits per heavy atom. The van der Waals surface area contributed by atoms with Crippen LogP contribution in [0.4, 0.5) is 0 Å². The molecular formula is C17H25N. The summed E-state index contributed by atoms with van der Waals surface area (Å²) in [5, 5.41) is 0. The number of benzene rings is 1. The summed E-state index contributed by atoms with van der Waals surface area (Å²) in [6, 6.07) is 12.7. The average Bonchev–Trinajstić information content (AvgIpc) is 2.87. The second-order valence-corrected chi connectivity index (χ2v) is 7.06. The normalized spacial score (nSPS) is 32.1. The monoisotopic (exact) mass is 243 g/mol. The fourth-order valence-corrected chi connectivity index (χ4v) is 4.29. The van der Waals surface area contributed by atoms with E-state index in [-0.39, 0.29) is 0 Å². The zero-order valence-corrected chi connectivity index (χ0v) is 11.9. The standard InChI is InChI=1S/C17H25N/c1-17(2,3)18-15-9-10-16(18)14(12-15)11-13-7-5-4-6-8-13/h4-8,14-16H,9-12H2,1-3H3. The maximum Gasteiger partial charge on any atom is 0.0136 e. The third-order valence-corrected chi connectivity index (χ3v) is 4.78. The van der Waals surface area contributed by atoms with E-state index in [1.54, 1.807) is 0 Å². The summed E-state index contributed by atoms with van der Waals surface area (Å²) in [6.45, 7) is 7.13.